The van der Waals surface area contributed by atoms with Gasteiger partial charge in [0.15, 0.2) is 11.9 Å². The third kappa shape index (κ3) is 2.46. The van der Waals surface area contributed by atoms with Gasteiger partial charge in [-0.15, -0.1) is 0 Å². The molecule has 0 aliphatic carbocycles. The maximum Gasteiger partial charge on any atom is 0.217 e. The molecule has 1 aromatic rings. The summed E-state index contributed by atoms with van der Waals surface area (Å²) in [4.78, 5) is 13.5. The Kier molecular flexibility index (Phi) is 3.46. The Morgan fingerprint density at radius 1 is 1.39 bits per heavy atom. The SMILES string of the molecule is CN(C)[C@@H]1CCN(C2=NC(N)=NC3c4cc(Cl)ccc4OC23)C1. The number of rotatable bonds is 1. The Bertz CT molecular complexity index is 702. The van der Waals surface area contributed by atoms with Crippen molar-refractivity contribution in [3.63, 3.8) is 0 Å². The van der Waals surface area contributed by atoms with Gasteiger partial charge in [0.25, 0.3) is 0 Å². The average Bonchev–Trinajstić information content (AvgIpc) is 3.11. The normalized spacial score (nSPS) is 29.0. The Balaban J connectivity index is 1.65. The van der Waals surface area contributed by atoms with Gasteiger partial charge < -0.3 is 20.3 Å². The number of halogens is 1. The second kappa shape index (κ2) is 5.39. The number of nitrogens with two attached hydrogens (primary N) is 1. The van der Waals surface area contributed by atoms with Crippen LogP contribution in [0.1, 0.15) is 18.0 Å². The highest BCUT2D eigenvalue weighted by Crippen LogP contribution is 2.42. The Morgan fingerprint density at radius 2 is 2.22 bits per heavy atom. The molecule has 2 N–H and O–H groups in total. The number of hydrogen-bond acceptors (Lipinski definition) is 6. The fraction of sp³-hybridized carbons (Fsp3) is 0.500. The van der Waals surface area contributed by atoms with Crippen molar-refractivity contribution < 1.29 is 4.74 Å². The molecule has 3 aliphatic heterocycles. The number of amidine groups is 1. The molecule has 1 fully saturated rings. The Morgan fingerprint density at radius 3 is 2.96 bits per heavy atom. The van der Waals surface area contributed by atoms with Gasteiger partial charge in [-0.2, -0.15) is 4.99 Å². The molecule has 2 unspecified atom stereocenters. The van der Waals surface area contributed by atoms with Crippen molar-refractivity contribution in [1.29, 1.82) is 0 Å². The van der Waals surface area contributed by atoms with Gasteiger partial charge in [0.05, 0.1) is 0 Å². The molecule has 0 bridgehead atoms. The van der Waals surface area contributed by atoms with Gasteiger partial charge in [-0.1, -0.05) is 11.6 Å². The van der Waals surface area contributed by atoms with Gasteiger partial charge in [0.1, 0.15) is 11.8 Å². The van der Waals surface area contributed by atoms with Crippen LogP contribution in [0.5, 0.6) is 5.75 Å². The monoisotopic (exact) mass is 333 g/mol. The molecule has 0 saturated carbocycles. The molecule has 0 aromatic heterocycles. The van der Waals surface area contributed by atoms with Crippen LogP contribution < -0.4 is 10.5 Å². The molecule has 6 nitrogen and oxygen atoms in total. The maximum atomic E-state index is 6.13. The van der Waals surface area contributed by atoms with Crippen LogP contribution in [0.15, 0.2) is 28.2 Å². The van der Waals surface area contributed by atoms with E-state index in [1.54, 1.807) is 0 Å². The molecule has 0 amide bonds. The largest absolute Gasteiger partial charge is 0.479 e. The zero-order chi connectivity index (χ0) is 16.1. The van der Waals surface area contributed by atoms with Crippen molar-refractivity contribution in [1.82, 2.24) is 9.80 Å². The van der Waals surface area contributed by atoms with Crippen LogP contribution >= 0.6 is 11.6 Å². The quantitative estimate of drug-likeness (QED) is 0.846. The minimum atomic E-state index is -0.211. The topological polar surface area (TPSA) is 66.5 Å². The first kappa shape index (κ1) is 14.8. The van der Waals surface area contributed by atoms with Gasteiger partial charge in [0, 0.05) is 29.7 Å². The molecule has 0 radical (unpaired) electrons. The molecule has 7 heteroatoms. The highest BCUT2D eigenvalue weighted by molar-refractivity contribution is 6.30. The lowest BCUT2D eigenvalue weighted by Gasteiger charge is -2.29. The van der Waals surface area contributed by atoms with E-state index in [1.807, 2.05) is 18.2 Å². The van der Waals surface area contributed by atoms with Gasteiger partial charge in [-0.3, -0.25) is 0 Å². The second-order valence-electron chi connectivity index (χ2n) is 6.47. The predicted molar refractivity (Wildman–Crippen MR) is 91.3 cm³/mol. The Hall–Kier alpha value is -1.79. The first-order chi connectivity index (χ1) is 11.0. The lowest BCUT2D eigenvalue weighted by Crippen LogP contribution is -2.46. The third-order valence-corrected chi connectivity index (χ3v) is 5.04. The van der Waals surface area contributed by atoms with Crippen molar-refractivity contribution in [3.8, 4) is 5.75 Å². The second-order valence-corrected chi connectivity index (χ2v) is 6.91. The summed E-state index contributed by atoms with van der Waals surface area (Å²) in [6.45, 7) is 1.89. The summed E-state index contributed by atoms with van der Waals surface area (Å²) in [7, 11) is 4.22. The summed E-state index contributed by atoms with van der Waals surface area (Å²) in [5, 5.41) is 0.680. The maximum absolute atomic E-state index is 6.13. The summed E-state index contributed by atoms with van der Waals surface area (Å²) in [5.74, 6) is 2.02. The number of likely N-dealkylation sites (tertiary alicyclic amines) is 1. The van der Waals surface area contributed by atoms with Crippen molar-refractivity contribution in [2.75, 3.05) is 27.2 Å². The molecule has 23 heavy (non-hydrogen) atoms. The average molecular weight is 334 g/mol. The molecule has 1 aromatic carbocycles. The van der Waals surface area contributed by atoms with E-state index in [0.29, 0.717) is 17.0 Å². The third-order valence-electron chi connectivity index (χ3n) is 4.80. The van der Waals surface area contributed by atoms with E-state index in [0.717, 1.165) is 36.7 Å². The summed E-state index contributed by atoms with van der Waals surface area (Å²) in [6.07, 6.45) is 0.899. The van der Waals surface area contributed by atoms with Crippen LogP contribution in [-0.4, -0.2) is 60.9 Å². The van der Waals surface area contributed by atoms with E-state index < -0.39 is 0 Å². The fourth-order valence-electron chi connectivity index (χ4n) is 3.53. The summed E-state index contributed by atoms with van der Waals surface area (Å²) >= 11 is 6.13. The van der Waals surface area contributed by atoms with E-state index in [9.17, 15) is 0 Å². The number of ether oxygens (including phenoxy) is 1. The van der Waals surface area contributed by atoms with Crippen LogP contribution in [-0.2, 0) is 0 Å². The number of aliphatic imine (C=N–C) groups is 2. The minimum absolute atomic E-state index is 0.158. The van der Waals surface area contributed by atoms with Crippen LogP contribution in [0.4, 0.5) is 0 Å². The first-order valence-electron chi connectivity index (χ1n) is 7.82. The zero-order valence-corrected chi connectivity index (χ0v) is 14.0. The predicted octanol–water partition coefficient (Wildman–Crippen LogP) is 1.50. The molecule has 1 saturated heterocycles. The molecular weight excluding hydrogens is 314 g/mol. The van der Waals surface area contributed by atoms with Crippen LogP contribution in [0.25, 0.3) is 0 Å². The summed E-state index contributed by atoms with van der Waals surface area (Å²) in [6, 6.07) is 6.00. The number of fused-ring (bicyclic) bond motifs is 3. The molecular formula is C16H20ClN5O. The van der Waals surface area contributed by atoms with Crippen molar-refractivity contribution in [2.45, 2.75) is 24.6 Å². The van der Waals surface area contributed by atoms with Crippen molar-refractivity contribution >= 4 is 23.4 Å². The molecule has 3 atom stereocenters. The molecule has 3 aliphatic rings. The minimum Gasteiger partial charge on any atom is -0.479 e. The lowest BCUT2D eigenvalue weighted by atomic mass is 10.0. The molecule has 0 spiro atoms. The summed E-state index contributed by atoms with van der Waals surface area (Å²) in [5.41, 5.74) is 6.96. The van der Waals surface area contributed by atoms with E-state index in [-0.39, 0.29) is 12.1 Å². The number of likely N-dealkylation sites (N-methyl/N-ethyl adjacent to an activating group) is 1. The van der Waals surface area contributed by atoms with Gasteiger partial charge in [-0.25, -0.2) is 4.99 Å². The fourth-order valence-corrected chi connectivity index (χ4v) is 3.71. The smallest absolute Gasteiger partial charge is 0.217 e. The van der Waals surface area contributed by atoms with E-state index in [2.05, 4.69) is 33.9 Å². The Labute approximate surface area is 140 Å². The van der Waals surface area contributed by atoms with Crippen molar-refractivity contribution in [3.05, 3.63) is 28.8 Å². The van der Waals surface area contributed by atoms with Crippen LogP contribution in [0.3, 0.4) is 0 Å². The zero-order valence-electron chi connectivity index (χ0n) is 13.2. The van der Waals surface area contributed by atoms with Crippen molar-refractivity contribution in [2.24, 2.45) is 15.7 Å². The number of nitrogens with zero attached hydrogens (tertiary/aromatic N) is 4. The van der Waals surface area contributed by atoms with Gasteiger partial charge >= 0.3 is 0 Å². The lowest BCUT2D eigenvalue weighted by molar-refractivity contribution is 0.247. The van der Waals surface area contributed by atoms with Crippen LogP contribution in [0, 0.1) is 0 Å². The highest BCUT2D eigenvalue weighted by atomic mass is 35.5. The van der Waals surface area contributed by atoms with E-state index >= 15 is 0 Å². The standard InChI is InChI=1S/C16H20ClN5O/c1-21(2)10-5-6-22(8-10)15-14-13(19-16(18)20-15)11-7-9(17)3-4-12(11)23-14/h3-4,7,10,13-14H,5-6,8H2,1-2H3,(H2,18,19)/t10-,13?,14?/m1/s1. The molecule has 3 heterocycles. The van der Waals surface area contributed by atoms with Gasteiger partial charge in [0.2, 0.25) is 5.96 Å². The van der Waals surface area contributed by atoms with E-state index in [4.69, 9.17) is 22.1 Å². The van der Waals surface area contributed by atoms with Crippen LogP contribution in [0.2, 0.25) is 5.02 Å². The van der Waals surface area contributed by atoms with Gasteiger partial charge in [-0.05, 0) is 38.7 Å². The summed E-state index contributed by atoms with van der Waals surface area (Å²) < 4.78 is 6.13. The van der Waals surface area contributed by atoms with E-state index in [1.165, 1.54) is 0 Å². The number of hydrogen-bond donors (Lipinski definition) is 1. The molecule has 4 rings (SSSR count). The number of guanidine groups is 1. The first-order valence-corrected chi connectivity index (χ1v) is 8.20. The highest BCUT2D eigenvalue weighted by Gasteiger charge is 2.43. The number of benzene rings is 1. The molecule has 122 valence electrons.